The number of hydrogen-bond acceptors (Lipinski definition) is 6. The van der Waals surface area contributed by atoms with Gasteiger partial charge in [0.15, 0.2) is 17.5 Å². The van der Waals surface area contributed by atoms with E-state index >= 15 is 0 Å². The zero-order valence-corrected chi connectivity index (χ0v) is 31.9. The first-order valence-electron chi connectivity index (χ1n) is 18.9. The number of rotatable bonds is 5. The maximum Gasteiger partial charge on any atom is 0.164 e. The summed E-state index contributed by atoms with van der Waals surface area (Å²) in [5.41, 5.74) is 9.33. The average Bonchev–Trinajstić information content (AvgIpc) is 3.97. The monoisotopic (exact) mass is 763 g/mol. The molecule has 0 N–H and O–H groups in total. The molecule has 12 aromatic rings. The molecular weight excluding hydrogens is 735 g/mol. The number of aromatic nitrogens is 3. The standard InChI is InChI=1S/C51H29N3OS2/c1-3-13-30(14-4-1)49-52-50(31-15-5-2-6-16-31)54-51(53-49)38-20-12-24-44-48(38)37-26-25-32(29-45(37)57-44)33-27-39(46-35-17-7-9-21-40(35)55-41(46)28-33)34-19-11-23-43-47(34)36-18-8-10-22-42(36)56-43/h1-29H. The molecule has 12 rings (SSSR count). The number of thiophene rings is 2. The van der Waals surface area contributed by atoms with Crippen molar-refractivity contribution in [3.05, 3.63) is 176 Å². The van der Waals surface area contributed by atoms with Gasteiger partial charge in [-0.2, -0.15) is 0 Å². The molecule has 0 radical (unpaired) electrons. The summed E-state index contributed by atoms with van der Waals surface area (Å²) in [7, 11) is 0. The molecule has 0 saturated heterocycles. The third-order valence-electron chi connectivity index (χ3n) is 10.9. The maximum absolute atomic E-state index is 6.63. The summed E-state index contributed by atoms with van der Waals surface area (Å²) in [5, 5.41) is 7.18. The quantitative estimate of drug-likeness (QED) is 0.175. The summed E-state index contributed by atoms with van der Waals surface area (Å²) in [6.45, 7) is 0. The van der Waals surface area contributed by atoms with Gasteiger partial charge in [0.1, 0.15) is 11.2 Å². The van der Waals surface area contributed by atoms with Crippen molar-refractivity contribution in [1.82, 2.24) is 15.0 Å². The highest BCUT2D eigenvalue weighted by Gasteiger charge is 2.21. The van der Waals surface area contributed by atoms with Crippen LogP contribution in [0, 0.1) is 0 Å². The van der Waals surface area contributed by atoms with E-state index in [-0.39, 0.29) is 0 Å². The first-order valence-corrected chi connectivity index (χ1v) is 20.6. The molecule has 0 unspecified atom stereocenters. The van der Waals surface area contributed by atoms with Crippen LogP contribution in [0.2, 0.25) is 0 Å². The first-order chi connectivity index (χ1) is 28.2. The fourth-order valence-corrected chi connectivity index (χ4v) is 10.7. The van der Waals surface area contributed by atoms with E-state index in [0.717, 1.165) is 55.1 Å². The first kappa shape index (κ1) is 32.3. The lowest BCUT2D eigenvalue weighted by molar-refractivity contribution is 0.669. The minimum atomic E-state index is 0.654. The number of benzene rings is 8. The van der Waals surface area contributed by atoms with Gasteiger partial charge in [-0.15, -0.1) is 22.7 Å². The van der Waals surface area contributed by atoms with Crippen LogP contribution in [0.25, 0.3) is 119 Å². The van der Waals surface area contributed by atoms with E-state index in [4.69, 9.17) is 19.4 Å². The van der Waals surface area contributed by atoms with Gasteiger partial charge in [-0.25, -0.2) is 15.0 Å². The molecule has 4 aromatic heterocycles. The highest BCUT2D eigenvalue weighted by molar-refractivity contribution is 7.26. The Balaban J connectivity index is 1.06. The third-order valence-corrected chi connectivity index (χ3v) is 13.2. The molecule has 6 heteroatoms. The Labute approximate surface area is 335 Å². The van der Waals surface area contributed by atoms with Crippen molar-refractivity contribution < 1.29 is 4.42 Å². The zero-order chi connectivity index (χ0) is 37.5. The van der Waals surface area contributed by atoms with Crippen molar-refractivity contribution in [1.29, 1.82) is 0 Å². The van der Waals surface area contributed by atoms with Gasteiger partial charge in [0.25, 0.3) is 0 Å². The molecule has 0 fully saturated rings. The Hall–Kier alpha value is -6.99. The van der Waals surface area contributed by atoms with Crippen LogP contribution in [0.15, 0.2) is 180 Å². The van der Waals surface area contributed by atoms with Gasteiger partial charge in [-0.05, 0) is 64.7 Å². The highest BCUT2D eigenvalue weighted by Crippen LogP contribution is 2.47. The second-order valence-electron chi connectivity index (χ2n) is 14.3. The second-order valence-corrected chi connectivity index (χ2v) is 16.5. The summed E-state index contributed by atoms with van der Waals surface area (Å²) in [6.07, 6.45) is 0. The molecule has 266 valence electrons. The number of hydrogen-bond donors (Lipinski definition) is 0. The SMILES string of the molecule is c1ccc(-c2nc(-c3ccccc3)nc(-c3cccc4sc5cc(-c6cc(-c7cccc8sc9ccccc9c78)c7c(c6)oc6ccccc67)ccc5c34)n2)cc1. The highest BCUT2D eigenvalue weighted by atomic mass is 32.1. The fourth-order valence-electron chi connectivity index (χ4n) is 8.35. The van der Waals surface area contributed by atoms with Crippen LogP contribution in [0.1, 0.15) is 0 Å². The topological polar surface area (TPSA) is 51.8 Å². The van der Waals surface area contributed by atoms with Crippen molar-refractivity contribution in [3.63, 3.8) is 0 Å². The fraction of sp³-hybridized carbons (Fsp3) is 0. The predicted molar refractivity (Wildman–Crippen MR) is 240 cm³/mol. The van der Waals surface area contributed by atoms with Crippen molar-refractivity contribution in [2.45, 2.75) is 0 Å². The summed E-state index contributed by atoms with van der Waals surface area (Å²) < 4.78 is 11.6. The molecule has 0 spiro atoms. The molecule has 0 bridgehead atoms. The van der Waals surface area contributed by atoms with E-state index < -0.39 is 0 Å². The number of fused-ring (bicyclic) bond motifs is 9. The van der Waals surface area contributed by atoms with Gasteiger partial charge in [-0.1, -0.05) is 133 Å². The molecule has 0 amide bonds. The summed E-state index contributed by atoms with van der Waals surface area (Å²) in [4.78, 5) is 15.1. The van der Waals surface area contributed by atoms with Crippen molar-refractivity contribution in [2.75, 3.05) is 0 Å². The average molecular weight is 764 g/mol. The molecule has 4 heterocycles. The van der Waals surface area contributed by atoms with Crippen molar-refractivity contribution in [2.24, 2.45) is 0 Å². The molecule has 0 aliphatic rings. The lowest BCUT2D eigenvalue weighted by Gasteiger charge is -2.11. The van der Waals surface area contributed by atoms with Gasteiger partial charge in [0.2, 0.25) is 0 Å². The van der Waals surface area contributed by atoms with E-state index in [2.05, 4.69) is 109 Å². The summed E-state index contributed by atoms with van der Waals surface area (Å²) in [5.74, 6) is 1.97. The molecule has 8 aromatic carbocycles. The zero-order valence-electron chi connectivity index (χ0n) is 30.3. The molecule has 57 heavy (non-hydrogen) atoms. The molecule has 0 aliphatic carbocycles. The van der Waals surface area contributed by atoms with Crippen LogP contribution in [0.3, 0.4) is 0 Å². The number of para-hydroxylation sites is 1. The Morgan fingerprint density at radius 3 is 1.65 bits per heavy atom. The van der Waals surface area contributed by atoms with Crippen LogP contribution in [0.5, 0.6) is 0 Å². The molecule has 4 nitrogen and oxygen atoms in total. The van der Waals surface area contributed by atoms with Gasteiger partial charge in [0.05, 0.1) is 0 Å². The number of furan rings is 1. The smallest absolute Gasteiger partial charge is 0.164 e. The van der Waals surface area contributed by atoms with Crippen molar-refractivity contribution >= 4 is 85.0 Å². The van der Waals surface area contributed by atoms with Crippen LogP contribution < -0.4 is 0 Å². The summed E-state index contributed by atoms with van der Waals surface area (Å²) in [6, 6.07) is 62.0. The van der Waals surface area contributed by atoms with Gasteiger partial charge in [-0.3, -0.25) is 0 Å². The minimum Gasteiger partial charge on any atom is -0.456 e. The van der Waals surface area contributed by atoms with Crippen LogP contribution in [0.4, 0.5) is 0 Å². The molecular formula is C51H29N3OS2. The van der Waals surface area contributed by atoms with Crippen LogP contribution >= 0.6 is 22.7 Å². The lowest BCUT2D eigenvalue weighted by atomic mass is 9.92. The molecule has 0 atom stereocenters. The van der Waals surface area contributed by atoms with Gasteiger partial charge >= 0.3 is 0 Å². The second kappa shape index (κ2) is 12.8. The van der Waals surface area contributed by atoms with Gasteiger partial charge < -0.3 is 4.42 Å². The van der Waals surface area contributed by atoms with E-state index in [1.54, 1.807) is 11.3 Å². The molecule has 0 saturated carbocycles. The maximum atomic E-state index is 6.63. The lowest BCUT2D eigenvalue weighted by Crippen LogP contribution is -2.00. The van der Waals surface area contributed by atoms with Crippen LogP contribution in [-0.4, -0.2) is 15.0 Å². The largest absolute Gasteiger partial charge is 0.456 e. The van der Waals surface area contributed by atoms with E-state index in [1.165, 1.54) is 46.1 Å². The summed E-state index contributed by atoms with van der Waals surface area (Å²) >= 11 is 3.65. The Morgan fingerprint density at radius 1 is 0.316 bits per heavy atom. The van der Waals surface area contributed by atoms with E-state index in [0.29, 0.717) is 17.5 Å². The van der Waals surface area contributed by atoms with E-state index in [1.807, 2.05) is 78.1 Å². The third kappa shape index (κ3) is 5.22. The van der Waals surface area contributed by atoms with Gasteiger partial charge in [0, 0.05) is 67.8 Å². The van der Waals surface area contributed by atoms with Crippen LogP contribution in [-0.2, 0) is 0 Å². The predicted octanol–water partition coefficient (Wildman–Crippen LogP) is 14.8. The normalized spacial score (nSPS) is 11.9. The minimum absolute atomic E-state index is 0.654. The Morgan fingerprint density at radius 2 is 0.895 bits per heavy atom. The number of nitrogens with zero attached hydrogens (tertiary/aromatic N) is 3. The molecule has 0 aliphatic heterocycles. The van der Waals surface area contributed by atoms with Crippen molar-refractivity contribution in [3.8, 4) is 56.4 Å². The Kier molecular flexibility index (Phi) is 7.24. The Bertz CT molecular complexity index is 3470. The van der Waals surface area contributed by atoms with E-state index in [9.17, 15) is 0 Å².